The lowest BCUT2D eigenvalue weighted by atomic mass is 9.97. The summed E-state index contributed by atoms with van der Waals surface area (Å²) in [6, 6.07) is 23.7. The van der Waals surface area contributed by atoms with E-state index in [4.69, 9.17) is 0 Å². The summed E-state index contributed by atoms with van der Waals surface area (Å²) in [4.78, 5) is 0. The van der Waals surface area contributed by atoms with E-state index in [1.165, 1.54) is 32.3 Å². The van der Waals surface area contributed by atoms with Crippen LogP contribution < -0.4 is 10.4 Å². The normalized spacial score (nSPS) is 13.6. The van der Waals surface area contributed by atoms with E-state index in [1.54, 1.807) is 0 Å². The smallest absolute Gasteiger partial charge is 0.0109 e. The Kier molecular flexibility index (Phi) is 3.39. The highest BCUT2D eigenvalue weighted by molar-refractivity contribution is 5.93. The first-order valence-corrected chi connectivity index (χ1v) is 7.01. The summed E-state index contributed by atoms with van der Waals surface area (Å²) in [5.74, 6) is 0. The fraction of sp³-hybridized carbons (Fsp3) is 0.100. The molecule has 0 unspecified atom stereocenters. The first-order chi connectivity index (χ1) is 9.81. The monoisotopic (exact) mass is 258 g/mol. The first kappa shape index (κ1) is 12.7. The number of rotatable bonds is 1. The first-order valence-electron chi connectivity index (χ1n) is 7.01. The second-order valence-corrected chi connectivity index (χ2v) is 5.03. The predicted molar refractivity (Wildman–Crippen MR) is 88.0 cm³/mol. The van der Waals surface area contributed by atoms with Crippen LogP contribution in [0.2, 0.25) is 0 Å². The molecule has 0 saturated heterocycles. The Morgan fingerprint density at radius 2 is 1.50 bits per heavy atom. The maximum absolute atomic E-state index is 2.21. The molecule has 0 nitrogen and oxygen atoms in total. The molecule has 0 aliphatic rings. The summed E-state index contributed by atoms with van der Waals surface area (Å²) in [7, 11) is 0. The van der Waals surface area contributed by atoms with Crippen LogP contribution in [-0.4, -0.2) is 0 Å². The zero-order chi connectivity index (χ0) is 13.9. The molecule has 0 heteroatoms. The average molecular weight is 258 g/mol. The lowest BCUT2D eigenvalue weighted by Gasteiger charge is -2.07. The van der Waals surface area contributed by atoms with Gasteiger partial charge in [-0.15, -0.1) is 0 Å². The number of hydrogen-bond acceptors (Lipinski definition) is 0. The van der Waals surface area contributed by atoms with Crippen LogP contribution in [0.4, 0.5) is 0 Å². The van der Waals surface area contributed by atoms with Crippen molar-refractivity contribution in [3.8, 4) is 0 Å². The van der Waals surface area contributed by atoms with Crippen LogP contribution in [0.5, 0.6) is 0 Å². The molecule has 20 heavy (non-hydrogen) atoms. The van der Waals surface area contributed by atoms with Gasteiger partial charge < -0.3 is 0 Å². The Morgan fingerprint density at radius 1 is 0.800 bits per heavy atom. The van der Waals surface area contributed by atoms with E-state index in [0.717, 1.165) is 0 Å². The molecule has 0 fully saturated rings. The van der Waals surface area contributed by atoms with Crippen LogP contribution in [0.15, 0.2) is 66.7 Å². The molecule has 3 aromatic rings. The largest absolute Gasteiger partial charge is 0.0798 e. The highest BCUT2D eigenvalue weighted by Crippen LogP contribution is 2.22. The second kappa shape index (κ2) is 5.34. The molecular formula is C20H18. The molecule has 3 aromatic carbocycles. The van der Waals surface area contributed by atoms with E-state index < -0.39 is 0 Å². The quantitative estimate of drug-likeness (QED) is 0.622. The molecule has 0 aromatic heterocycles. The maximum Gasteiger partial charge on any atom is -0.0109 e. The summed E-state index contributed by atoms with van der Waals surface area (Å²) in [6.45, 7) is 4.30. The molecule has 0 N–H and O–H groups in total. The fourth-order valence-electron chi connectivity index (χ4n) is 2.79. The Morgan fingerprint density at radius 3 is 2.35 bits per heavy atom. The topological polar surface area (TPSA) is 0 Å². The van der Waals surface area contributed by atoms with Gasteiger partial charge in [0.15, 0.2) is 0 Å². The Balaban J connectivity index is 2.42. The molecular weight excluding hydrogens is 240 g/mol. The minimum absolute atomic E-state index is 1.29. The van der Waals surface area contributed by atoms with Crippen molar-refractivity contribution in [2.24, 2.45) is 0 Å². The highest BCUT2D eigenvalue weighted by Gasteiger charge is 2.03. The van der Waals surface area contributed by atoms with Gasteiger partial charge in [0.25, 0.3) is 0 Å². The van der Waals surface area contributed by atoms with E-state index in [-0.39, 0.29) is 0 Å². The molecule has 0 atom stereocenters. The van der Waals surface area contributed by atoms with Gasteiger partial charge in [-0.2, -0.15) is 0 Å². The molecule has 0 aliphatic carbocycles. The lowest BCUT2D eigenvalue weighted by molar-refractivity contribution is 1.45. The summed E-state index contributed by atoms with van der Waals surface area (Å²) < 4.78 is 0. The van der Waals surface area contributed by atoms with Crippen molar-refractivity contribution in [1.82, 2.24) is 0 Å². The SMILES string of the molecule is C/C=c1/cccc/c1=C(/C)c1cccc2ccccc12. The predicted octanol–water partition coefficient (Wildman–Crippen LogP) is 3.86. The highest BCUT2D eigenvalue weighted by atomic mass is 14.1. The summed E-state index contributed by atoms with van der Waals surface area (Å²) in [5, 5.41) is 5.21. The van der Waals surface area contributed by atoms with Crippen LogP contribution in [0.3, 0.4) is 0 Å². The van der Waals surface area contributed by atoms with E-state index in [9.17, 15) is 0 Å². The Bertz CT molecular complexity index is 864. The van der Waals surface area contributed by atoms with Gasteiger partial charge in [-0.05, 0) is 46.2 Å². The summed E-state index contributed by atoms with van der Waals surface area (Å²) in [6.07, 6.45) is 2.17. The van der Waals surface area contributed by atoms with Crippen LogP contribution in [0, 0.1) is 0 Å². The molecule has 0 radical (unpaired) electrons. The number of fused-ring (bicyclic) bond motifs is 1. The molecule has 0 heterocycles. The zero-order valence-corrected chi connectivity index (χ0v) is 11.9. The maximum atomic E-state index is 2.21. The van der Waals surface area contributed by atoms with Gasteiger partial charge in [0.1, 0.15) is 0 Å². The van der Waals surface area contributed by atoms with Crippen molar-refractivity contribution >= 4 is 22.4 Å². The van der Waals surface area contributed by atoms with Crippen molar-refractivity contribution in [2.45, 2.75) is 13.8 Å². The van der Waals surface area contributed by atoms with Gasteiger partial charge in [0.2, 0.25) is 0 Å². The third-order valence-corrected chi connectivity index (χ3v) is 3.87. The zero-order valence-electron chi connectivity index (χ0n) is 11.9. The third kappa shape index (κ3) is 2.14. The Hall–Kier alpha value is -2.34. The standard InChI is InChI=1S/C20H18/c1-3-16-9-4-6-12-18(16)15(2)19-14-8-11-17-10-5-7-13-20(17)19/h3-14H,1-2H3/b16-3-,18-15+. The van der Waals surface area contributed by atoms with Gasteiger partial charge in [-0.25, -0.2) is 0 Å². The van der Waals surface area contributed by atoms with Gasteiger partial charge in [0, 0.05) is 0 Å². The van der Waals surface area contributed by atoms with Crippen molar-refractivity contribution in [1.29, 1.82) is 0 Å². The fourth-order valence-corrected chi connectivity index (χ4v) is 2.79. The molecule has 98 valence electrons. The van der Waals surface area contributed by atoms with Crippen LogP contribution in [0.1, 0.15) is 19.4 Å². The minimum Gasteiger partial charge on any atom is -0.0798 e. The van der Waals surface area contributed by atoms with Crippen LogP contribution in [0.25, 0.3) is 22.4 Å². The molecule has 0 saturated carbocycles. The van der Waals surface area contributed by atoms with Gasteiger partial charge in [-0.3, -0.25) is 0 Å². The van der Waals surface area contributed by atoms with E-state index >= 15 is 0 Å². The Labute approximate surface area is 119 Å². The van der Waals surface area contributed by atoms with Crippen LogP contribution in [-0.2, 0) is 0 Å². The van der Waals surface area contributed by atoms with Crippen molar-refractivity contribution in [3.05, 3.63) is 82.7 Å². The second-order valence-electron chi connectivity index (χ2n) is 5.03. The van der Waals surface area contributed by atoms with E-state index in [0.29, 0.717) is 0 Å². The molecule has 0 amide bonds. The van der Waals surface area contributed by atoms with Gasteiger partial charge in [-0.1, -0.05) is 72.8 Å². The lowest BCUT2D eigenvalue weighted by Crippen LogP contribution is -2.25. The molecule has 0 spiro atoms. The third-order valence-electron chi connectivity index (χ3n) is 3.87. The number of benzene rings is 3. The summed E-state index contributed by atoms with van der Waals surface area (Å²) in [5.41, 5.74) is 2.65. The molecule has 3 rings (SSSR count). The van der Waals surface area contributed by atoms with E-state index in [2.05, 4.69) is 86.7 Å². The van der Waals surface area contributed by atoms with E-state index in [1.807, 2.05) is 0 Å². The summed E-state index contributed by atoms with van der Waals surface area (Å²) >= 11 is 0. The van der Waals surface area contributed by atoms with Crippen molar-refractivity contribution < 1.29 is 0 Å². The van der Waals surface area contributed by atoms with Crippen molar-refractivity contribution in [3.63, 3.8) is 0 Å². The number of hydrogen-bond donors (Lipinski definition) is 0. The minimum atomic E-state index is 1.29. The van der Waals surface area contributed by atoms with Gasteiger partial charge >= 0.3 is 0 Å². The molecule has 0 bridgehead atoms. The molecule has 0 aliphatic heterocycles. The van der Waals surface area contributed by atoms with Crippen molar-refractivity contribution in [2.75, 3.05) is 0 Å². The van der Waals surface area contributed by atoms with Crippen LogP contribution >= 0.6 is 0 Å². The average Bonchev–Trinajstić information content (AvgIpc) is 2.53. The van der Waals surface area contributed by atoms with Gasteiger partial charge in [0.05, 0.1) is 0 Å².